The zero-order valence-corrected chi connectivity index (χ0v) is 8.41. The molecule has 0 spiro atoms. The number of hydrogen-bond donors (Lipinski definition) is 0. The maximum absolute atomic E-state index is 4.21. The molecule has 0 atom stereocenters. The average Bonchev–Trinajstić information content (AvgIpc) is 2.18. The molecule has 0 aliphatic carbocycles. The molecule has 0 saturated carbocycles. The minimum Gasteiger partial charge on any atom is -0.274 e. The van der Waals surface area contributed by atoms with Crippen LogP contribution in [0.2, 0.25) is 0 Å². The molecule has 0 unspecified atom stereocenters. The van der Waals surface area contributed by atoms with E-state index in [4.69, 9.17) is 0 Å². The van der Waals surface area contributed by atoms with Gasteiger partial charge in [-0.05, 0) is 19.3 Å². The first-order valence-corrected chi connectivity index (χ1v) is 5.50. The molecule has 1 rings (SSSR count). The molecule has 0 aromatic carbocycles. The van der Waals surface area contributed by atoms with Gasteiger partial charge in [-0.15, -0.1) is 0 Å². The highest BCUT2D eigenvalue weighted by Crippen LogP contribution is 2.08. The van der Waals surface area contributed by atoms with E-state index in [2.05, 4.69) is 9.98 Å². The highest BCUT2D eigenvalue weighted by atomic mass is 14.8. The zero-order chi connectivity index (χ0) is 9.19. The fourth-order valence-corrected chi connectivity index (χ4v) is 1.55. The van der Waals surface area contributed by atoms with Crippen LogP contribution < -0.4 is 0 Å². The highest BCUT2D eigenvalue weighted by molar-refractivity contribution is 5.71. The van der Waals surface area contributed by atoms with Gasteiger partial charge < -0.3 is 0 Å². The molecule has 1 aliphatic rings. The van der Waals surface area contributed by atoms with Crippen molar-refractivity contribution in [2.45, 2.75) is 51.4 Å². The predicted octanol–water partition coefficient (Wildman–Crippen LogP) is 3.22. The maximum atomic E-state index is 4.21. The monoisotopic (exact) mass is 180 g/mol. The van der Waals surface area contributed by atoms with Crippen LogP contribution in [0.3, 0.4) is 0 Å². The Labute approximate surface area is 81.2 Å². The van der Waals surface area contributed by atoms with Gasteiger partial charge in [-0.1, -0.05) is 32.1 Å². The third-order valence-corrected chi connectivity index (χ3v) is 2.37. The second kappa shape index (κ2) is 7.96. The lowest BCUT2D eigenvalue weighted by Gasteiger charge is -1.98. The summed E-state index contributed by atoms with van der Waals surface area (Å²) < 4.78 is 0. The van der Waals surface area contributed by atoms with Crippen molar-refractivity contribution in [1.82, 2.24) is 0 Å². The molecule has 0 fully saturated rings. The van der Waals surface area contributed by atoms with E-state index >= 15 is 0 Å². The average molecular weight is 180 g/mol. The first kappa shape index (κ1) is 10.4. The fourth-order valence-electron chi connectivity index (χ4n) is 1.55. The van der Waals surface area contributed by atoms with E-state index < -0.39 is 0 Å². The smallest absolute Gasteiger partial charge is 0.109 e. The van der Waals surface area contributed by atoms with E-state index in [0.29, 0.717) is 0 Å². The van der Waals surface area contributed by atoms with E-state index in [1.165, 1.54) is 44.9 Å². The molecule has 1 aliphatic heterocycles. The highest BCUT2D eigenvalue weighted by Gasteiger charge is 1.91. The summed E-state index contributed by atoms with van der Waals surface area (Å²) in [5.41, 5.74) is 0. The van der Waals surface area contributed by atoms with E-state index in [1.54, 1.807) is 6.34 Å². The van der Waals surface area contributed by atoms with Crippen molar-refractivity contribution in [3.63, 3.8) is 0 Å². The molecule has 2 heteroatoms. The van der Waals surface area contributed by atoms with Gasteiger partial charge in [0.05, 0.1) is 0 Å². The number of rotatable bonds is 0. The molecule has 0 N–H and O–H groups in total. The Morgan fingerprint density at radius 2 is 1.46 bits per heavy atom. The molecule has 0 bridgehead atoms. The molecule has 74 valence electrons. The van der Waals surface area contributed by atoms with Crippen molar-refractivity contribution >= 4 is 12.6 Å². The van der Waals surface area contributed by atoms with Gasteiger partial charge in [0.25, 0.3) is 0 Å². The Balaban J connectivity index is 2.18. The summed E-state index contributed by atoms with van der Waals surface area (Å²) in [5, 5.41) is 0. The van der Waals surface area contributed by atoms with Gasteiger partial charge in [-0.25, -0.2) is 4.99 Å². The normalized spacial score (nSPS) is 26.5. The van der Waals surface area contributed by atoms with E-state index in [1.807, 2.05) is 6.21 Å². The van der Waals surface area contributed by atoms with Crippen molar-refractivity contribution < 1.29 is 0 Å². The first-order chi connectivity index (χ1) is 6.50. The molecule has 0 aromatic heterocycles. The van der Waals surface area contributed by atoms with Crippen LogP contribution in [0.15, 0.2) is 9.98 Å². The maximum Gasteiger partial charge on any atom is 0.109 e. The standard InChI is InChI=1S/C11H20N2/c1-2-4-6-8-10-13-11-12-9-7-5-3-1/h9,11H,1-8,10H2/b12-9-,13-11+. The molecule has 13 heavy (non-hydrogen) atoms. The van der Waals surface area contributed by atoms with Gasteiger partial charge in [-0.3, -0.25) is 4.99 Å². The Morgan fingerprint density at radius 3 is 2.31 bits per heavy atom. The van der Waals surface area contributed by atoms with Crippen LogP contribution in [0, 0.1) is 0 Å². The van der Waals surface area contributed by atoms with Gasteiger partial charge in [0.2, 0.25) is 0 Å². The van der Waals surface area contributed by atoms with E-state index in [9.17, 15) is 0 Å². The van der Waals surface area contributed by atoms with Crippen molar-refractivity contribution in [3.8, 4) is 0 Å². The third-order valence-electron chi connectivity index (χ3n) is 2.37. The van der Waals surface area contributed by atoms with Gasteiger partial charge in [0, 0.05) is 12.8 Å². The van der Waals surface area contributed by atoms with Crippen LogP contribution in [-0.2, 0) is 0 Å². The van der Waals surface area contributed by atoms with Crippen LogP contribution in [0.25, 0.3) is 0 Å². The Bertz CT molecular complexity index is 143. The van der Waals surface area contributed by atoms with Crippen molar-refractivity contribution in [3.05, 3.63) is 0 Å². The third kappa shape index (κ3) is 6.50. The lowest BCUT2D eigenvalue weighted by molar-refractivity contribution is 0.589. The van der Waals surface area contributed by atoms with Gasteiger partial charge >= 0.3 is 0 Å². The largest absolute Gasteiger partial charge is 0.274 e. The second-order valence-corrected chi connectivity index (χ2v) is 3.62. The number of aliphatic imine (C=N–C) groups is 2. The molecular formula is C11H20N2. The lowest BCUT2D eigenvalue weighted by atomic mass is 10.1. The van der Waals surface area contributed by atoms with Crippen LogP contribution in [-0.4, -0.2) is 19.1 Å². The molecule has 0 aromatic rings. The minimum atomic E-state index is 0.956. The van der Waals surface area contributed by atoms with Crippen molar-refractivity contribution in [2.24, 2.45) is 9.98 Å². The number of nitrogens with zero attached hydrogens (tertiary/aromatic N) is 2. The summed E-state index contributed by atoms with van der Waals surface area (Å²) in [6.45, 7) is 0.956. The van der Waals surface area contributed by atoms with Crippen LogP contribution in [0.1, 0.15) is 51.4 Å². The van der Waals surface area contributed by atoms with E-state index in [0.717, 1.165) is 13.0 Å². The Kier molecular flexibility index (Phi) is 6.38. The van der Waals surface area contributed by atoms with Gasteiger partial charge in [-0.2, -0.15) is 0 Å². The van der Waals surface area contributed by atoms with Gasteiger partial charge in [0.1, 0.15) is 6.34 Å². The Morgan fingerprint density at radius 1 is 0.769 bits per heavy atom. The zero-order valence-electron chi connectivity index (χ0n) is 8.41. The summed E-state index contributed by atoms with van der Waals surface area (Å²) >= 11 is 0. The molecule has 1 heterocycles. The first-order valence-electron chi connectivity index (χ1n) is 5.50. The van der Waals surface area contributed by atoms with Crippen molar-refractivity contribution in [1.29, 1.82) is 0 Å². The minimum absolute atomic E-state index is 0.956. The summed E-state index contributed by atoms with van der Waals surface area (Å²) in [4.78, 5) is 8.33. The fraction of sp³-hybridized carbons (Fsp3) is 0.818. The summed E-state index contributed by atoms with van der Waals surface area (Å²) in [6, 6.07) is 0. The molecular weight excluding hydrogens is 160 g/mol. The quantitative estimate of drug-likeness (QED) is 0.547. The molecule has 0 saturated heterocycles. The molecule has 0 amide bonds. The van der Waals surface area contributed by atoms with Crippen molar-refractivity contribution in [2.75, 3.05) is 6.54 Å². The second-order valence-electron chi connectivity index (χ2n) is 3.62. The molecule has 2 nitrogen and oxygen atoms in total. The summed E-state index contributed by atoms with van der Waals surface area (Å²) in [7, 11) is 0. The Hall–Kier alpha value is -0.660. The summed E-state index contributed by atoms with van der Waals surface area (Å²) in [5.74, 6) is 0. The van der Waals surface area contributed by atoms with Crippen LogP contribution in [0.5, 0.6) is 0 Å². The summed E-state index contributed by atoms with van der Waals surface area (Å²) in [6.07, 6.45) is 14.2. The topological polar surface area (TPSA) is 24.7 Å². The van der Waals surface area contributed by atoms with Crippen LogP contribution in [0.4, 0.5) is 0 Å². The van der Waals surface area contributed by atoms with Crippen LogP contribution >= 0.6 is 0 Å². The number of hydrogen-bond acceptors (Lipinski definition) is 2. The van der Waals surface area contributed by atoms with E-state index in [-0.39, 0.29) is 0 Å². The predicted molar refractivity (Wildman–Crippen MR) is 58.8 cm³/mol. The molecule has 0 radical (unpaired) electrons. The van der Waals surface area contributed by atoms with Gasteiger partial charge in [0.15, 0.2) is 0 Å². The lowest BCUT2D eigenvalue weighted by Crippen LogP contribution is -1.83. The SMILES string of the molecule is C1=N\C=N\CCCCCCCCC/1.